The summed E-state index contributed by atoms with van der Waals surface area (Å²) >= 11 is 5.70. The van der Waals surface area contributed by atoms with Crippen LogP contribution in [-0.4, -0.2) is 35.1 Å². The van der Waals surface area contributed by atoms with Gasteiger partial charge in [-0.05, 0) is 25.7 Å². The Hall–Kier alpha value is -1.20. The number of carbonyl (C=O) groups is 1. The first-order valence-electron chi connectivity index (χ1n) is 6.03. The molecule has 1 amide bonds. The molecule has 0 radical (unpaired) electrons. The van der Waals surface area contributed by atoms with Gasteiger partial charge >= 0.3 is 0 Å². The average molecular weight is 270 g/mol. The Bertz CT molecular complexity index is 422. The van der Waals surface area contributed by atoms with E-state index in [1.165, 1.54) is 12.4 Å². The molecule has 1 fully saturated rings. The molecule has 0 aliphatic carbocycles. The van der Waals surface area contributed by atoms with Crippen LogP contribution in [0.1, 0.15) is 30.3 Å². The van der Waals surface area contributed by atoms with Gasteiger partial charge in [-0.3, -0.25) is 9.78 Å². The lowest BCUT2D eigenvalue weighted by molar-refractivity contribution is 0.0537. The fourth-order valence-corrected chi connectivity index (χ4v) is 2.21. The summed E-state index contributed by atoms with van der Waals surface area (Å²) in [6, 6.07) is 0.0992. The van der Waals surface area contributed by atoms with Crippen LogP contribution in [0.2, 0.25) is 5.15 Å². The van der Waals surface area contributed by atoms with E-state index in [0.29, 0.717) is 5.92 Å². The highest BCUT2D eigenvalue weighted by molar-refractivity contribution is 6.29. The number of aromatic nitrogens is 2. The van der Waals surface area contributed by atoms with Crippen LogP contribution >= 0.6 is 11.6 Å². The highest BCUT2D eigenvalue weighted by Crippen LogP contribution is 2.18. The molecule has 1 atom stereocenters. The Morgan fingerprint density at radius 1 is 1.50 bits per heavy atom. The summed E-state index contributed by atoms with van der Waals surface area (Å²) in [6.45, 7) is 3.54. The standard InChI is InChI=1S/C12H16ClN3O2/c1-8(9-2-4-18-5-3-9)15-12(17)10-6-14-7-11(13)16-10/h6-9H,2-5H2,1H3,(H,15,17). The molecule has 6 heteroatoms. The largest absolute Gasteiger partial charge is 0.381 e. The van der Waals surface area contributed by atoms with Crippen molar-refractivity contribution in [2.75, 3.05) is 13.2 Å². The molecule has 2 heterocycles. The third kappa shape index (κ3) is 3.40. The fraction of sp³-hybridized carbons (Fsp3) is 0.583. The van der Waals surface area contributed by atoms with Gasteiger partial charge in [0.2, 0.25) is 0 Å². The topological polar surface area (TPSA) is 64.1 Å². The molecule has 1 aromatic heterocycles. The number of rotatable bonds is 3. The van der Waals surface area contributed by atoms with Crippen molar-refractivity contribution in [1.82, 2.24) is 15.3 Å². The molecule has 0 saturated carbocycles. The lowest BCUT2D eigenvalue weighted by Crippen LogP contribution is -2.40. The predicted molar refractivity (Wildman–Crippen MR) is 67.5 cm³/mol. The van der Waals surface area contributed by atoms with E-state index in [0.717, 1.165) is 26.1 Å². The maximum atomic E-state index is 11.9. The predicted octanol–water partition coefficient (Wildman–Crippen LogP) is 1.67. The first-order chi connectivity index (χ1) is 8.66. The molecule has 1 aliphatic rings. The van der Waals surface area contributed by atoms with Crippen molar-refractivity contribution < 1.29 is 9.53 Å². The Balaban J connectivity index is 1.94. The number of hydrogen-bond acceptors (Lipinski definition) is 4. The summed E-state index contributed by atoms with van der Waals surface area (Å²) < 4.78 is 5.30. The van der Waals surface area contributed by atoms with Gasteiger partial charge in [0.1, 0.15) is 10.8 Å². The van der Waals surface area contributed by atoms with Crippen LogP contribution in [0, 0.1) is 5.92 Å². The van der Waals surface area contributed by atoms with Crippen LogP contribution in [0.5, 0.6) is 0 Å². The minimum absolute atomic E-state index is 0.0992. The van der Waals surface area contributed by atoms with Gasteiger partial charge < -0.3 is 10.1 Å². The van der Waals surface area contributed by atoms with Gasteiger partial charge in [-0.25, -0.2) is 4.98 Å². The molecular weight excluding hydrogens is 254 g/mol. The zero-order valence-corrected chi connectivity index (χ0v) is 11.0. The van der Waals surface area contributed by atoms with Gasteiger partial charge in [-0.2, -0.15) is 0 Å². The summed E-state index contributed by atoms with van der Waals surface area (Å²) in [5, 5.41) is 3.16. The first-order valence-corrected chi connectivity index (χ1v) is 6.41. The number of nitrogens with one attached hydrogen (secondary N) is 1. The maximum absolute atomic E-state index is 11.9. The van der Waals surface area contributed by atoms with Crippen LogP contribution in [-0.2, 0) is 4.74 Å². The van der Waals surface area contributed by atoms with Crippen molar-refractivity contribution >= 4 is 17.5 Å². The molecule has 1 aromatic rings. The minimum Gasteiger partial charge on any atom is -0.381 e. The second kappa shape index (κ2) is 6.11. The second-order valence-electron chi connectivity index (χ2n) is 4.44. The van der Waals surface area contributed by atoms with Gasteiger partial charge in [0.15, 0.2) is 0 Å². The summed E-state index contributed by atoms with van der Waals surface area (Å²) in [7, 11) is 0. The van der Waals surface area contributed by atoms with Gasteiger partial charge in [0, 0.05) is 19.3 Å². The van der Waals surface area contributed by atoms with E-state index in [1.807, 2.05) is 6.92 Å². The Labute approximate surface area is 111 Å². The van der Waals surface area contributed by atoms with Gasteiger partial charge in [0.25, 0.3) is 5.91 Å². The lowest BCUT2D eigenvalue weighted by atomic mass is 9.93. The third-order valence-electron chi connectivity index (χ3n) is 3.17. The van der Waals surface area contributed by atoms with E-state index in [1.54, 1.807) is 0 Å². The monoisotopic (exact) mass is 269 g/mol. The van der Waals surface area contributed by atoms with Gasteiger partial charge in [-0.1, -0.05) is 11.6 Å². The van der Waals surface area contributed by atoms with Crippen LogP contribution in [0.15, 0.2) is 12.4 Å². The van der Waals surface area contributed by atoms with E-state index < -0.39 is 0 Å². The molecule has 1 N–H and O–H groups in total. The fourth-order valence-electron chi connectivity index (χ4n) is 2.07. The molecule has 5 nitrogen and oxygen atoms in total. The highest BCUT2D eigenvalue weighted by Gasteiger charge is 2.22. The zero-order chi connectivity index (χ0) is 13.0. The number of ether oxygens (including phenoxy) is 1. The van der Waals surface area contributed by atoms with Gasteiger partial charge in [-0.15, -0.1) is 0 Å². The number of nitrogens with zero attached hydrogens (tertiary/aromatic N) is 2. The van der Waals surface area contributed by atoms with Crippen molar-refractivity contribution in [3.05, 3.63) is 23.2 Å². The number of carbonyl (C=O) groups excluding carboxylic acids is 1. The van der Waals surface area contributed by atoms with Crippen LogP contribution in [0.4, 0.5) is 0 Å². The van der Waals surface area contributed by atoms with E-state index in [9.17, 15) is 4.79 Å². The molecule has 2 rings (SSSR count). The average Bonchev–Trinajstić information content (AvgIpc) is 2.39. The number of amides is 1. The molecule has 0 aromatic carbocycles. The third-order valence-corrected chi connectivity index (χ3v) is 3.35. The molecular formula is C12H16ClN3O2. The Morgan fingerprint density at radius 3 is 2.89 bits per heavy atom. The highest BCUT2D eigenvalue weighted by atomic mass is 35.5. The van der Waals surface area contributed by atoms with E-state index in [-0.39, 0.29) is 22.8 Å². The van der Waals surface area contributed by atoms with Crippen molar-refractivity contribution in [1.29, 1.82) is 0 Å². The van der Waals surface area contributed by atoms with E-state index in [4.69, 9.17) is 16.3 Å². The normalized spacial score (nSPS) is 18.3. The summed E-state index contributed by atoms with van der Waals surface area (Å²) in [5.41, 5.74) is 0.251. The summed E-state index contributed by atoms with van der Waals surface area (Å²) in [5.74, 6) is 0.221. The molecule has 98 valence electrons. The molecule has 0 spiro atoms. The van der Waals surface area contributed by atoms with Crippen molar-refractivity contribution in [3.63, 3.8) is 0 Å². The van der Waals surface area contributed by atoms with E-state index in [2.05, 4.69) is 15.3 Å². The van der Waals surface area contributed by atoms with Crippen molar-refractivity contribution in [2.24, 2.45) is 5.92 Å². The second-order valence-corrected chi connectivity index (χ2v) is 4.83. The quantitative estimate of drug-likeness (QED) is 0.907. The van der Waals surface area contributed by atoms with Crippen molar-refractivity contribution in [2.45, 2.75) is 25.8 Å². The Morgan fingerprint density at radius 2 is 2.22 bits per heavy atom. The lowest BCUT2D eigenvalue weighted by Gasteiger charge is -2.28. The summed E-state index contributed by atoms with van der Waals surface area (Å²) in [6.07, 6.45) is 4.77. The molecule has 1 unspecified atom stereocenters. The SMILES string of the molecule is CC(NC(=O)c1cncc(Cl)n1)C1CCOCC1. The van der Waals surface area contributed by atoms with Crippen LogP contribution in [0.25, 0.3) is 0 Å². The molecule has 1 saturated heterocycles. The van der Waals surface area contributed by atoms with Gasteiger partial charge in [0.05, 0.1) is 12.4 Å². The molecule has 1 aliphatic heterocycles. The molecule has 18 heavy (non-hydrogen) atoms. The first kappa shape index (κ1) is 13.2. The number of halogens is 1. The van der Waals surface area contributed by atoms with E-state index >= 15 is 0 Å². The number of hydrogen-bond donors (Lipinski definition) is 1. The zero-order valence-electron chi connectivity index (χ0n) is 10.2. The van der Waals surface area contributed by atoms with Crippen LogP contribution < -0.4 is 5.32 Å². The smallest absolute Gasteiger partial charge is 0.271 e. The minimum atomic E-state index is -0.232. The van der Waals surface area contributed by atoms with Crippen LogP contribution in [0.3, 0.4) is 0 Å². The molecule has 0 bridgehead atoms. The van der Waals surface area contributed by atoms with Crippen molar-refractivity contribution in [3.8, 4) is 0 Å². The summed E-state index contributed by atoms with van der Waals surface area (Å²) in [4.78, 5) is 19.7. The Kier molecular flexibility index (Phi) is 4.49. The maximum Gasteiger partial charge on any atom is 0.271 e.